The predicted octanol–water partition coefficient (Wildman–Crippen LogP) is 4.25. The van der Waals surface area contributed by atoms with Crippen LogP contribution < -0.4 is 5.32 Å². The molecule has 136 valence electrons. The molecule has 25 heavy (non-hydrogen) atoms. The van der Waals surface area contributed by atoms with Crippen molar-refractivity contribution in [1.82, 2.24) is 4.90 Å². The number of aliphatic imine (C=N–C) groups is 1. The molecule has 0 radical (unpaired) electrons. The van der Waals surface area contributed by atoms with E-state index in [0.717, 1.165) is 69.9 Å². The second-order valence-corrected chi connectivity index (χ2v) is 8.45. The van der Waals surface area contributed by atoms with Crippen molar-refractivity contribution in [2.75, 3.05) is 38.6 Å². The highest BCUT2D eigenvalue weighted by Gasteiger charge is 2.42. The minimum atomic E-state index is 0.0786. The molecule has 1 atom stereocenters. The van der Waals surface area contributed by atoms with Crippen molar-refractivity contribution in [2.24, 2.45) is 10.4 Å². The summed E-state index contributed by atoms with van der Waals surface area (Å²) in [6.45, 7) is 3.81. The number of ether oxygens (including phenoxy) is 1. The number of nitrogens with one attached hydrogen (secondary N) is 1. The summed E-state index contributed by atoms with van der Waals surface area (Å²) in [5.41, 5.74) is 2.37. The molecule has 0 aromatic heterocycles. The van der Waals surface area contributed by atoms with Gasteiger partial charge < -0.3 is 15.0 Å². The maximum Gasteiger partial charge on any atom is 0.107 e. The van der Waals surface area contributed by atoms with Gasteiger partial charge in [-0.3, -0.25) is 4.99 Å². The Hall–Kier alpha value is -0.810. The van der Waals surface area contributed by atoms with E-state index in [1.165, 1.54) is 5.56 Å². The molecule has 3 aliphatic heterocycles. The second kappa shape index (κ2) is 7.07. The number of amidine groups is 1. The van der Waals surface area contributed by atoms with Gasteiger partial charge in [-0.1, -0.05) is 23.2 Å². The fraction of sp³-hybridized carbons (Fsp3) is 0.632. The molecule has 0 aliphatic carbocycles. The normalized spacial score (nSPS) is 27.5. The van der Waals surface area contributed by atoms with E-state index >= 15 is 0 Å². The molecular weight excluding hydrogens is 357 g/mol. The highest BCUT2D eigenvalue weighted by molar-refractivity contribution is 6.42. The Morgan fingerprint density at radius 1 is 1.28 bits per heavy atom. The summed E-state index contributed by atoms with van der Waals surface area (Å²) in [5, 5.41) is 4.82. The van der Waals surface area contributed by atoms with Gasteiger partial charge in [0.1, 0.15) is 5.84 Å². The molecule has 4 nitrogen and oxygen atoms in total. The van der Waals surface area contributed by atoms with Crippen LogP contribution in [-0.2, 0) is 11.2 Å². The van der Waals surface area contributed by atoms with Crippen molar-refractivity contribution in [2.45, 2.75) is 38.2 Å². The Morgan fingerprint density at radius 3 is 2.76 bits per heavy atom. The van der Waals surface area contributed by atoms with Crippen molar-refractivity contribution >= 4 is 34.7 Å². The summed E-state index contributed by atoms with van der Waals surface area (Å²) in [6, 6.07) is 3.95. The van der Waals surface area contributed by atoms with Crippen molar-refractivity contribution in [1.29, 1.82) is 0 Å². The van der Waals surface area contributed by atoms with Crippen LogP contribution in [0.15, 0.2) is 17.1 Å². The third-order valence-corrected chi connectivity index (χ3v) is 6.57. The van der Waals surface area contributed by atoms with Gasteiger partial charge in [0.15, 0.2) is 0 Å². The molecule has 0 amide bonds. The Morgan fingerprint density at radius 2 is 2.04 bits per heavy atom. The second-order valence-electron chi connectivity index (χ2n) is 7.63. The summed E-state index contributed by atoms with van der Waals surface area (Å²) in [6.07, 6.45) is 5.74. The zero-order valence-corrected chi connectivity index (χ0v) is 16.2. The molecule has 1 spiro atoms. The van der Waals surface area contributed by atoms with Crippen LogP contribution in [0.3, 0.4) is 0 Å². The van der Waals surface area contributed by atoms with E-state index in [1.54, 1.807) is 0 Å². The third kappa shape index (κ3) is 3.55. The van der Waals surface area contributed by atoms with Gasteiger partial charge in [-0.15, -0.1) is 0 Å². The highest BCUT2D eigenvalue weighted by atomic mass is 35.5. The van der Waals surface area contributed by atoms with Gasteiger partial charge in [0.25, 0.3) is 0 Å². The number of nitrogens with zero attached hydrogens (tertiary/aromatic N) is 2. The van der Waals surface area contributed by atoms with Gasteiger partial charge in [-0.25, -0.2) is 0 Å². The van der Waals surface area contributed by atoms with Crippen molar-refractivity contribution in [3.05, 3.63) is 27.7 Å². The van der Waals surface area contributed by atoms with E-state index in [4.69, 9.17) is 32.9 Å². The summed E-state index contributed by atoms with van der Waals surface area (Å²) in [5.74, 6) is 1.11. The van der Waals surface area contributed by atoms with E-state index in [1.807, 2.05) is 12.1 Å². The summed E-state index contributed by atoms with van der Waals surface area (Å²) >= 11 is 12.5. The Bertz CT molecular complexity index is 677. The molecule has 4 rings (SSSR count). The van der Waals surface area contributed by atoms with Gasteiger partial charge in [-0.2, -0.15) is 0 Å². The van der Waals surface area contributed by atoms with Gasteiger partial charge in [0, 0.05) is 17.7 Å². The van der Waals surface area contributed by atoms with E-state index in [2.05, 4.69) is 17.3 Å². The molecule has 2 saturated heterocycles. The smallest absolute Gasteiger partial charge is 0.107 e. The number of rotatable bonds is 2. The number of benzene rings is 1. The Labute approximate surface area is 159 Å². The summed E-state index contributed by atoms with van der Waals surface area (Å²) < 4.78 is 5.76. The molecule has 1 aromatic rings. The summed E-state index contributed by atoms with van der Waals surface area (Å²) in [4.78, 5) is 7.40. The first-order valence-electron chi connectivity index (χ1n) is 9.16. The molecular formula is C19H25Cl2N3O. The molecule has 1 unspecified atom stereocenters. The molecule has 3 heterocycles. The highest BCUT2D eigenvalue weighted by Crippen LogP contribution is 2.44. The fourth-order valence-corrected chi connectivity index (χ4v) is 4.56. The van der Waals surface area contributed by atoms with E-state index < -0.39 is 0 Å². The zero-order valence-electron chi connectivity index (χ0n) is 14.7. The average Bonchev–Trinajstić information content (AvgIpc) is 3.11. The predicted molar refractivity (Wildman–Crippen MR) is 104 cm³/mol. The average molecular weight is 382 g/mol. The van der Waals surface area contributed by atoms with Gasteiger partial charge in [-0.05, 0) is 69.9 Å². The maximum atomic E-state index is 6.27. The van der Waals surface area contributed by atoms with Gasteiger partial charge >= 0.3 is 0 Å². The zero-order chi connectivity index (χ0) is 17.4. The minimum Gasteiger partial charge on any atom is -0.376 e. The van der Waals surface area contributed by atoms with Crippen molar-refractivity contribution in [3.8, 4) is 0 Å². The molecule has 0 saturated carbocycles. The number of piperidine rings is 1. The molecule has 2 fully saturated rings. The van der Waals surface area contributed by atoms with Gasteiger partial charge in [0.2, 0.25) is 0 Å². The monoisotopic (exact) mass is 381 g/mol. The van der Waals surface area contributed by atoms with E-state index in [-0.39, 0.29) is 11.5 Å². The maximum absolute atomic E-state index is 6.27. The number of hydrogen-bond donors (Lipinski definition) is 1. The van der Waals surface area contributed by atoms with Crippen LogP contribution in [0.4, 0.5) is 5.69 Å². The molecule has 0 bridgehead atoms. The van der Waals surface area contributed by atoms with E-state index in [0.29, 0.717) is 10.0 Å². The van der Waals surface area contributed by atoms with Crippen LogP contribution in [0.2, 0.25) is 10.0 Å². The fourth-order valence-electron chi connectivity index (χ4n) is 4.21. The topological polar surface area (TPSA) is 36.9 Å². The lowest BCUT2D eigenvalue weighted by molar-refractivity contribution is 0.117. The first-order chi connectivity index (χ1) is 12.1. The lowest BCUT2D eigenvalue weighted by Crippen LogP contribution is -2.49. The number of likely N-dealkylation sites (tertiary alicyclic amines) is 1. The lowest BCUT2D eigenvalue weighted by atomic mass is 9.70. The molecule has 3 aliphatic rings. The van der Waals surface area contributed by atoms with Crippen LogP contribution in [0.1, 0.15) is 31.2 Å². The molecule has 1 N–H and O–H groups in total. The quantitative estimate of drug-likeness (QED) is 0.831. The molecule has 6 heteroatoms. The van der Waals surface area contributed by atoms with Crippen molar-refractivity contribution in [3.63, 3.8) is 0 Å². The number of hydrogen-bond acceptors (Lipinski definition) is 3. The Balaban J connectivity index is 1.65. The van der Waals surface area contributed by atoms with Crippen LogP contribution in [-0.4, -0.2) is 50.1 Å². The van der Waals surface area contributed by atoms with Crippen LogP contribution in [0.25, 0.3) is 0 Å². The summed E-state index contributed by atoms with van der Waals surface area (Å²) in [7, 11) is 2.19. The largest absolute Gasteiger partial charge is 0.376 e. The SMILES string of the molecule is CN1CCC2(CC1)Cc1cc(Cl)c(Cl)cc1NC2=NCC1CCCO1. The standard InChI is InChI=1S/C19H25Cl2N3O/c1-24-6-4-19(5-7-24)11-13-9-15(20)16(21)10-17(13)23-18(19)22-12-14-3-2-8-25-14/h9-10,14H,2-8,11-12H2,1H3,(H,22,23). The van der Waals surface area contributed by atoms with Crippen molar-refractivity contribution < 1.29 is 4.74 Å². The lowest BCUT2D eigenvalue weighted by Gasteiger charge is -2.45. The Kier molecular flexibility index (Phi) is 4.98. The third-order valence-electron chi connectivity index (χ3n) is 5.85. The number of halogens is 2. The van der Waals surface area contributed by atoms with Gasteiger partial charge in [0.05, 0.1) is 22.7 Å². The van der Waals surface area contributed by atoms with Crippen LogP contribution in [0.5, 0.6) is 0 Å². The number of anilines is 1. The van der Waals surface area contributed by atoms with Crippen LogP contribution >= 0.6 is 23.2 Å². The minimum absolute atomic E-state index is 0.0786. The first-order valence-corrected chi connectivity index (χ1v) is 9.91. The van der Waals surface area contributed by atoms with E-state index in [9.17, 15) is 0 Å². The molecule has 1 aromatic carbocycles. The van der Waals surface area contributed by atoms with Crippen LogP contribution in [0, 0.1) is 5.41 Å². The number of fused-ring (bicyclic) bond motifs is 1. The first kappa shape index (κ1) is 17.6.